The third kappa shape index (κ3) is 1.87. The maximum absolute atomic E-state index is 4.10. The van der Waals surface area contributed by atoms with Crippen LogP contribution in [0.2, 0.25) is 0 Å². The summed E-state index contributed by atoms with van der Waals surface area (Å²) < 4.78 is 1.94. The average Bonchev–Trinajstić information content (AvgIpc) is 2.08. The van der Waals surface area contributed by atoms with Crippen LogP contribution in [-0.4, -0.2) is 9.78 Å². The van der Waals surface area contributed by atoms with Crippen LogP contribution in [0.1, 0.15) is 28.2 Å². The van der Waals surface area contributed by atoms with Gasteiger partial charge in [-0.15, -0.1) is 0 Å². The van der Waals surface area contributed by atoms with Crippen LogP contribution < -0.4 is 0 Å². The fourth-order valence-corrected chi connectivity index (χ4v) is 0.666. The maximum Gasteiger partial charge on any atom is 0.0543 e. The normalized spacial score (nSPS) is 10.7. The van der Waals surface area contributed by atoms with Gasteiger partial charge in [0, 0.05) is 12.4 Å². The molecule has 0 N–H and O–H groups in total. The zero-order chi connectivity index (χ0) is 6.91. The SMILES string of the molecule is C.CC(C)(C)n1cccn1. The van der Waals surface area contributed by atoms with Crippen LogP contribution in [0.5, 0.6) is 0 Å². The van der Waals surface area contributed by atoms with Crippen molar-refractivity contribution in [2.24, 2.45) is 0 Å². The summed E-state index contributed by atoms with van der Waals surface area (Å²) in [5, 5.41) is 4.10. The van der Waals surface area contributed by atoms with E-state index in [0.29, 0.717) is 0 Å². The molecule has 0 fully saturated rings. The molecule has 58 valence electrons. The van der Waals surface area contributed by atoms with Gasteiger partial charge in [-0.3, -0.25) is 4.68 Å². The van der Waals surface area contributed by atoms with E-state index in [1.54, 1.807) is 6.20 Å². The Balaban J connectivity index is 0.000000810. The Bertz CT molecular complexity index is 170. The molecule has 1 rings (SSSR count). The molecule has 10 heavy (non-hydrogen) atoms. The van der Waals surface area contributed by atoms with E-state index in [1.807, 2.05) is 16.9 Å². The summed E-state index contributed by atoms with van der Waals surface area (Å²) in [5.74, 6) is 0. The lowest BCUT2D eigenvalue weighted by atomic mass is 10.1. The zero-order valence-corrected chi connectivity index (χ0v) is 6.13. The number of rotatable bonds is 0. The molecule has 0 saturated heterocycles. The first-order chi connectivity index (χ1) is 4.11. The van der Waals surface area contributed by atoms with E-state index in [9.17, 15) is 0 Å². The molecule has 0 aliphatic carbocycles. The molecule has 1 heterocycles. The van der Waals surface area contributed by atoms with Crippen LogP contribution in [0.15, 0.2) is 18.5 Å². The summed E-state index contributed by atoms with van der Waals surface area (Å²) in [5.41, 5.74) is 0.128. The fraction of sp³-hybridized carbons (Fsp3) is 0.625. The minimum absolute atomic E-state index is 0. The highest BCUT2D eigenvalue weighted by Gasteiger charge is 2.10. The molecule has 0 amide bonds. The Morgan fingerprint density at radius 1 is 1.30 bits per heavy atom. The van der Waals surface area contributed by atoms with Gasteiger partial charge in [0.25, 0.3) is 0 Å². The summed E-state index contributed by atoms with van der Waals surface area (Å²) in [6.07, 6.45) is 3.77. The molecule has 0 aliphatic rings. The van der Waals surface area contributed by atoms with Gasteiger partial charge in [-0.1, -0.05) is 7.43 Å². The summed E-state index contributed by atoms with van der Waals surface area (Å²) in [6, 6.07) is 1.94. The second-order valence-corrected chi connectivity index (χ2v) is 3.12. The highest BCUT2D eigenvalue weighted by molar-refractivity contribution is 4.83. The lowest BCUT2D eigenvalue weighted by Crippen LogP contribution is -2.21. The van der Waals surface area contributed by atoms with Gasteiger partial charge in [0.2, 0.25) is 0 Å². The largest absolute Gasteiger partial charge is 0.268 e. The van der Waals surface area contributed by atoms with E-state index in [-0.39, 0.29) is 13.0 Å². The lowest BCUT2D eigenvalue weighted by Gasteiger charge is -2.18. The fourth-order valence-electron chi connectivity index (χ4n) is 0.666. The molecule has 0 aromatic carbocycles. The van der Waals surface area contributed by atoms with E-state index < -0.39 is 0 Å². The van der Waals surface area contributed by atoms with Crippen molar-refractivity contribution in [3.8, 4) is 0 Å². The molecule has 1 aromatic heterocycles. The Morgan fingerprint density at radius 3 is 2.10 bits per heavy atom. The van der Waals surface area contributed by atoms with Gasteiger partial charge in [-0.05, 0) is 26.8 Å². The first kappa shape index (κ1) is 9.21. The van der Waals surface area contributed by atoms with Crippen molar-refractivity contribution in [2.75, 3.05) is 0 Å². The van der Waals surface area contributed by atoms with Gasteiger partial charge in [-0.25, -0.2) is 0 Å². The van der Waals surface area contributed by atoms with Crippen molar-refractivity contribution in [2.45, 2.75) is 33.7 Å². The van der Waals surface area contributed by atoms with E-state index in [4.69, 9.17) is 0 Å². The smallest absolute Gasteiger partial charge is 0.0543 e. The Morgan fingerprint density at radius 2 is 1.90 bits per heavy atom. The number of aromatic nitrogens is 2. The van der Waals surface area contributed by atoms with E-state index in [0.717, 1.165) is 0 Å². The zero-order valence-electron chi connectivity index (χ0n) is 6.13. The molecular formula is C8H16N2. The van der Waals surface area contributed by atoms with Crippen LogP contribution in [0, 0.1) is 0 Å². The summed E-state index contributed by atoms with van der Waals surface area (Å²) in [4.78, 5) is 0. The molecule has 0 unspecified atom stereocenters. The van der Waals surface area contributed by atoms with Crippen molar-refractivity contribution in [1.82, 2.24) is 9.78 Å². The highest BCUT2D eigenvalue weighted by Crippen LogP contribution is 2.09. The molecule has 2 heteroatoms. The minimum atomic E-state index is 0. The summed E-state index contributed by atoms with van der Waals surface area (Å²) in [7, 11) is 0. The maximum atomic E-state index is 4.10. The average molecular weight is 140 g/mol. The molecule has 0 bridgehead atoms. The van der Waals surface area contributed by atoms with Crippen molar-refractivity contribution in [1.29, 1.82) is 0 Å². The lowest BCUT2D eigenvalue weighted by molar-refractivity contribution is 0.355. The molecular weight excluding hydrogens is 124 g/mol. The van der Waals surface area contributed by atoms with Crippen molar-refractivity contribution >= 4 is 0 Å². The topological polar surface area (TPSA) is 17.8 Å². The standard InChI is InChI=1S/C7H12N2.CH4/c1-7(2,3)9-6-4-5-8-9;/h4-6H,1-3H3;1H4. The molecule has 1 aromatic rings. The van der Waals surface area contributed by atoms with Crippen LogP contribution in [0.3, 0.4) is 0 Å². The summed E-state index contributed by atoms with van der Waals surface area (Å²) in [6.45, 7) is 6.38. The third-order valence-electron chi connectivity index (χ3n) is 1.19. The van der Waals surface area contributed by atoms with Gasteiger partial charge < -0.3 is 0 Å². The van der Waals surface area contributed by atoms with Crippen LogP contribution in [0.4, 0.5) is 0 Å². The quantitative estimate of drug-likeness (QED) is 0.540. The molecule has 0 aliphatic heterocycles. The Hall–Kier alpha value is -0.790. The van der Waals surface area contributed by atoms with Crippen LogP contribution in [-0.2, 0) is 5.54 Å². The van der Waals surface area contributed by atoms with E-state index in [2.05, 4.69) is 25.9 Å². The van der Waals surface area contributed by atoms with Gasteiger partial charge >= 0.3 is 0 Å². The van der Waals surface area contributed by atoms with Crippen LogP contribution in [0.25, 0.3) is 0 Å². The minimum Gasteiger partial charge on any atom is -0.268 e. The highest BCUT2D eigenvalue weighted by atomic mass is 15.3. The molecule has 0 spiro atoms. The predicted molar refractivity (Wildman–Crippen MR) is 44.0 cm³/mol. The third-order valence-corrected chi connectivity index (χ3v) is 1.19. The van der Waals surface area contributed by atoms with Crippen molar-refractivity contribution < 1.29 is 0 Å². The predicted octanol–water partition coefficient (Wildman–Crippen LogP) is 2.27. The molecule has 0 radical (unpaired) electrons. The van der Waals surface area contributed by atoms with Gasteiger partial charge in [0.1, 0.15) is 0 Å². The van der Waals surface area contributed by atoms with Crippen molar-refractivity contribution in [3.05, 3.63) is 18.5 Å². The van der Waals surface area contributed by atoms with Crippen molar-refractivity contribution in [3.63, 3.8) is 0 Å². The monoisotopic (exact) mass is 140 g/mol. The van der Waals surface area contributed by atoms with Crippen LogP contribution >= 0.6 is 0 Å². The summed E-state index contributed by atoms with van der Waals surface area (Å²) >= 11 is 0. The number of hydrogen-bond acceptors (Lipinski definition) is 1. The Kier molecular flexibility index (Phi) is 2.64. The Labute approximate surface area is 62.9 Å². The first-order valence-corrected chi connectivity index (χ1v) is 3.11. The van der Waals surface area contributed by atoms with Gasteiger partial charge in [0.15, 0.2) is 0 Å². The molecule has 0 saturated carbocycles. The van der Waals surface area contributed by atoms with Gasteiger partial charge in [0.05, 0.1) is 5.54 Å². The number of nitrogens with zero attached hydrogens (tertiary/aromatic N) is 2. The van der Waals surface area contributed by atoms with E-state index >= 15 is 0 Å². The molecule has 2 nitrogen and oxygen atoms in total. The number of hydrogen-bond donors (Lipinski definition) is 0. The second kappa shape index (κ2) is 2.86. The first-order valence-electron chi connectivity index (χ1n) is 3.11. The molecule has 0 atom stereocenters. The van der Waals surface area contributed by atoms with E-state index in [1.165, 1.54) is 0 Å². The van der Waals surface area contributed by atoms with Gasteiger partial charge in [-0.2, -0.15) is 5.10 Å². The second-order valence-electron chi connectivity index (χ2n) is 3.12.